The number of aromatic nitrogens is 3. The molecule has 0 radical (unpaired) electrons. The number of imidazole rings is 1. The van der Waals surface area contributed by atoms with E-state index in [9.17, 15) is 4.79 Å². The van der Waals surface area contributed by atoms with Crippen molar-refractivity contribution in [3.8, 4) is 0 Å². The molecule has 1 N–H and O–H groups in total. The number of para-hydroxylation sites is 2. The van der Waals surface area contributed by atoms with Gasteiger partial charge in [-0.15, -0.1) is 0 Å². The van der Waals surface area contributed by atoms with Crippen molar-refractivity contribution in [3.05, 3.63) is 60.2 Å². The Bertz CT molecular complexity index is 1080. The number of carbonyl (C=O) groups excluding carboxylic acids is 1. The highest BCUT2D eigenvalue weighted by Gasteiger charge is 2.49. The molecule has 4 heterocycles. The Balaban J connectivity index is 1.49. The number of likely N-dealkylation sites (tertiary alicyclic amines) is 1. The number of nitrogens with zero attached hydrogens (tertiary/aromatic N) is 4. The molecule has 0 bridgehead atoms. The van der Waals surface area contributed by atoms with E-state index in [1.807, 2.05) is 18.3 Å². The summed E-state index contributed by atoms with van der Waals surface area (Å²) in [5, 5.41) is 3.43. The zero-order valence-electron chi connectivity index (χ0n) is 18.4. The Kier molecular flexibility index (Phi) is 5.26. The molecule has 31 heavy (non-hydrogen) atoms. The second-order valence-electron chi connectivity index (χ2n) is 9.37. The number of hydrogen-bond donors (Lipinski definition) is 1. The average Bonchev–Trinajstić information content (AvgIpc) is 3.23. The lowest BCUT2D eigenvalue weighted by Gasteiger charge is -2.34. The van der Waals surface area contributed by atoms with E-state index in [-0.39, 0.29) is 17.4 Å². The summed E-state index contributed by atoms with van der Waals surface area (Å²) in [6.45, 7) is 6.91. The van der Waals surface area contributed by atoms with Gasteiger partial charge in [0, 0.05) is 43.4 Å². The fourth-order valence-electron chi connectivity index (χ4n) is 5.58. The minimum atomic E-state index is -0.253. The Morgan fingerprint density at radius 3 is 2.81 bits per heavy atom. The van der Waals surface area contributed by atoms with E-state index in [2.05, 4.69) is 63.9 Å². The summed E-state index contributed by atoms with van der Waals surface area (Å²) in [6.07, 6.45) is 5.52. The third-order valence-corrected chi connectivity index (χ3v) is 6.87. The number of nitrogens with one attached hydrogen (secondary N) is 1. The van der Waals surface area contributed by atoms with Gasteiger partial charge in [0.2, 0.25) is 5.91 Å². The number of hydrogen-bond acceptors (Lipinski definition) is 4. The van der Waals surface area contributed by atoms with Gasteiger partial charge in [-0.1, -0.05) is 24.6 Å². The molecule has 1 aromatic carbocycles. The summed E-state index contributed by atoms with van der Waals surface area (Å²) in [5.41, 5.74) is 3.05. The first-order valence-electron chi connectivity index (χ1n) is 11.5. The first-order valence-corrected chi connectivity index (χ1v) is 11.5. The van der Waals surface area contributed by atoms with E-state index >= 15 is 0 Å². The zero-order valence-corrected chi connectivity index (χ0v) is 18.4. The van der Waals surface area contributed by atoms with Crippen molar-refractivity contribution in [2.24, 2.45) is 0 Å². The molecule has 0 unspecified atom stereocenters. The van der Waals surface area contributed by atoms with Gasteiger partial charge in [0.15, 0.2) is 0 Å². The van der Waals surface area contributed by atoms with E-state index in [0.29, 0.717) is 12.5 Å². The van der Waals surface area contributed by atoms with E-state index < -0.39 is 0 Å². The number of fused-ring (bicyclic) bond motifs is 1. The molecule has 162 valence electrons. The van der Waals surface area contributed by atoms with Crippen LogP contribution in [0.4, 0.5) is 0 Å². The molecule has 2 atom stereocenters. The predicted octanol–water partition coefficient (Wildman–Crippen LogP) is 4.04. The van der Waals surface area contributed by atoms with Crippen LogP contribution in [0.25, 0.3) is 11.0 Å². The first-order chi connectivity index (χ1) is 15.1. The number of carbonyl (C=O) groups is 1. The molecule has 6 heteroatoms. The minimum Gasteiger partial charge on any atom is -0.349 e. The SMILES string of the molecule is CC(C)n1c(CN2C[C@@H](c3ccccn3)[C@@]3(CCCCC(=O)N3)C2)nc2ccccc21. The van der Waals surface area contributed by atoms with Gasteiger partial charge < -0.3 is 9.88 Å². The van der Waals surface area contributed by atoms with Crippen molar-refractivity contribution in [2.45, 2.75) is 63.6 Å². The first kappa shape index (κ1) is 20.2. The van der Waals surface area contributed by atoms with Gasteiger partial charge >= 0.3 is 0 Å². The van der Waals surface area contributed by atoms with Crippen LogP contribution in [0.1, 0.15) is 63.0 Å². The van der Waals surface area contributed by atoms with Gasteiger partial charge in [-0.25, -0.2) is 4.98 Å². The second-order valence-corrected chi connectivity index (χ2v) is 9.37. The highest BCUT2D eigenvalue weighted by Crippen LogP contribution is 2.41. The van der Waals surface area contributed by atoms with E-state index in [4.69, 9.17) is 4.98 Å². The molecular weight excluding hydrogens is 386 g/mol. The summed E-state index contributed by atoms with van der Waals surface area (Å²) in [7, 11) is 0. The molecule has 2 saturated heterocycles. The molecule has 1 spiro atoms. The molecule has 2 fully saturated rings. The molecule has 2 aliphatic rings. The van der Waals surface area contributed by atoms with Gasteiger partial charge in [-0.3, -0.25) is 14.7 Å². The number of pyridine rings is 1. The molecular formula is C25H31N5O. The Hall–Kier alpha value is -2.73. The molecule has 2 aromatic heterocycles. The topological polar surface area (TPSA) is 63.1 Å². The lowest BCUT2D eigenvalue weighted by Crippen LogP contribution is -2.52. The molecule has 6 nitrogen and oxygen atoms in total. The molecule has 0 aliphatic carbocycles. The Morgan fingerprint density at radius 2 is 2.00 bits per heavy atom. The fraction of sp³-hybridized carbons (Fsp3) is 0.480. The van der Waals surface area contributed by atoms with E-state index in [1.165, 1.54) is 5.52 Å². The van der Waals surface area contributed by atoms with Crippen LogP contribution in [0, 0.1) is 0 Å². The van der Waals surface area contributed by atoms with Crippen molar-refractivity contribution in [1.29, 1.82) is 0 Å². The van der Waals surface area contributed by atoms with Crippen LogP contribution in [0.5, 0.6) is 0 Å². The molecule has 1 amide bonds. The van der Waals surface area contributed by atoms with Gasteiger partial charge in [-0.2, -0.15) is 0 Å². The monoisotopic (exact) mass is 417 g/mol. The lowest BCUT2D eigenvalue weighted by atomic mass is 9.81. The van der Waals surface area contributed by atoms with Crippen molar-refractivity contribution < 1.29 is 4.79 Å². The number of rotatable bonds is 4. The molecule has 3 aromatic rings. The van der Waals surface area contributed by atoms with Crippen LogP contribution in [-0.4, -0.2) is 44.0 Å². The normalized spacial score (nSPS) is 24.7. The molecule has 5 rings (SSSR count). The average molecular weight is 418 g/mol. The smallest absolute Gasteiger partial charge is 0.220 e. The molecule has 0 saturated carbocycles. The quantitative estimate of drug-likeness (QED) is 0.696. The highest BCUT2D eigenvalue weighted by atomic mass is 16.1. The largest absolute Gasteiger partial charge is 0.349 e. The summed E-state index contributed by atoms with van der Waals surface area (Å²) in [6, 6.07) is 14.8. The van der Waals surface area contributed by atoms with Gasteiger partial charge in [0.25, 0.3) is 0 Å². The molecule has 2 aliphatic heterocycles. The van der Waals surface area contributed by atoms with E-state index in [1.54, 1.807) is 0 Å². The summed E-state index contributed by atoms with van der Waals surface area (Å²) >= 11 is 0. The second kappa shape index (κ2) is 8.08. The van der Waals surface area contributed by atoms with Crippen molar-refractivity contribution in [3.63, 3.8) is 0 Å². The van der Waals surface area contributed by atoms with Crippen molar-refractivity contribution in [1.82, 2.24) is 24.8 Å². The zero-order chi connectivity index (χ0) is 21.4. The predicted molar refractivity (Wildman–Crippen MR) is 122 cm³/mol. The van der Waals surface area contributed by atoms with Crippen LogP contribution < -0.4 is 5.32 Å². The maximum absolute atomic E-state index is 12.6. The minimum absolute atomic E-state index is 0.176. The highest BCUT2D eigenvalue weighted by molar-refractivity contribution is 5.77. The van der Waals surface area contributed by atoms with E-state index in [0.717, 1.165) is 55.9 Å². The van der Waals surface area contributed by atoms with Crippen LogP contribution in [-0.2, 0) is 11.3 Å². The number of benzene rings is 1. The number of amides is 1. The summed E-state index contributed by atoms with van der Waals surface area (Å²) in [4.78, 5) is 24.7. The van der Waals surface area contributed by atoms with Crippen LogP contribution in [0.3, 0.4) is 0 Å². The lowest BCUT2D eigenvalue weighted by molar-refractivity contribution is -0.122. The summed E-state index contributed by atoms with van der Waals surface area (Å²) in [5.74, 6) is 1.45. The van der Waals surface area contributed by atoms with Gasteiger partial charge in [0.05, 0.1) is 23.1 Å². The third-order valence-electron chi connectivity index (χ3n) is 6.87. The maximum Gasteiger partial charge on any atom is 0.220 e. The Morgan fingerprint density at radius 1 is 1.16 bits per heavy atom. The van der Waals surface area contributed by atoms with Crippen molar-refractivity contribution in [2.75, 3.05) is 13.1 Å². The standard InChI is InChI=1S/C25H31N5O/c1-18(2)30-22-11-4-3-10-21(22)27-23(30)16-29-15-19(20-9-6-8-14-26-20)25(17-29)13-7-5-12-24(31)28-25/h3-4,6,8-11,14,18-19H,5,7,12-13,15-17H2,1-2H3,(H,28,31)/t19-,25+/m0/s1. The maximum atomic E-state index is 12.6. The van der Waals surface area contributed by atoms with Crippen molar-refractivity contribution >= 4 is 16.9 Å². The van der Waals surface area contributed by atoms with Gasteiger partial charge in [0.1, 0.15) is 5.82 Å². The third kappa shape index (κ3) is 3.74. The van der Waals surface area contributed by atoms with Gasteiger partial charge in [-0.05, 0) is 51.0 Å². The Labute approximate surface area is 183 Å². The van der Waals surface area contributed by atoms with Crippen LogP contribution in [0.15, 0.2) is 48.7 Å². The fourth-order valence-corrected chi connectivity index (χ4v) is 5.58. The van der Waals surface area contributed by atoms with Crippen LogP contribution in [0.2, 0.25) is 0 Å². The van der Waals surface area contributed by atoms with Crippen LogP contribution >= 0.6 is 0 Å². The summed E-state index contributed by atoms with van der Waals surface area (Å²) < 4.78 is 2.35.